The summed E-state index contributed by atoms with van der Waals surface area (Å²) in [5, 5.41) is 45.9. The molecule has 1 aliphatic heterocycles. The lowest BCUT2D eigenvalue weighted by molar-refractivity contribution is -0.0300. The van der Waals surface area contributed by atoms with Gasteiger partial charge in [-0.3, -0.25) is 9.59 Å². The number of nitrogens with one attached hydrogen (secondary N) is 1. The fourth-order valence-electron chi connectivity index (χ4n) is 7.10. The van der Waals surface area contributed by atoms with E-state index >= 15 is 0 Å². The number of methoxy groups -OCH3 is 3. The molecule has 12 nitrogen and oxygen atoms in total. The first-order chi connectivity index (χ1) is 22.3. The van der Waals surface area contributed by atoms with Crippen LogP contribution in [0.2, 0.25) is 0 Å². The number of nitrogens with zero attached hydrogens (tertiary/aromatic N) is 1. The summed E-state index contributed by atoms with van der Waals surface area (Å²) in [6.07, 6.45) is -1.10. The molecule has 0 saturated heterocycles. The van der Waals surface area contributed by atoms with Crippen LogP contribution in [0, 0.1) is 0 Å². The fourth-order valence-corrected chi connectivity index (χ4v) is 7.10. The Bertz CT molecular complexity index is 2440. The lowest BCUT2D eigenvalue weighted by Gasteiger charge is -2.31. The number of ether oxygens (including phenoxy) is 4. The van der Waals surface area contributed by atoms with Crippen LogP contribution in [0.5, 0.6) is 40.2 Å². The van der Waals surface area contributed by atoms with Gasteiger partial charge in [0.25, 0.3) is 0 Å². The zero-order valence-electron chi connectivity index (χ0n) is 26.4. The molecule has 242 valence electrons. The number of aromatic hydroxyl groups is 3. The molecule has 1 aliphatic rings. The molecule has 0 bridgehead atoms. The normalized spacial score (nSPS) is 16.1. The third kappa shape index (κ3) is 4.04. The third-order valence-electron chi connectivity index (χ3n) is 9.11. The maximum atomic E-state index is 14.1. The van der Waals surface area contributed by atoms with Crippen molar-refractivity contribution < 1.29 is 39.4 Å². The minimum absolute atomic E-state index is 0.0431. The summed E-state index contributed by atoms with van der Waals surface area (Å²) in [6, 6.07) is 10.6. The number of benzene rings is 4. The van der Waals surface area contributed by atoms with Crippen molar-refractivity contribution in [2.45, 2.75) is 31.5 Å². The quantitative estimate of drug-likeness (QED) is 0.169. The van der Waals surface area contributed by atoms with E-state index in [2.05, 4.69) is 4.98 Å². The number of phenolic OH excluding ortho intramolecular Hbond substituents is 3. The van der Waals surface area contributed by atoms with Gasteiger partial charge in [-0.05, 0) is 38.1 Å². The third-order valence-corrected chi connectivity index (χ3v) is 9.11. The first-order valence-corrected chi connectivity index (χ1v) is 14.7. The lowest BCUT2D eigenvalue weighted by atomic mass is 9.79. The maximum Gasteiger partial charge on any atom is 0.201 e. The number of aryl methyl sites for hydroxylation is 1. The number of pyridine rings is 2. The SMILES string of the molecule is COc1cc2[nH]c3c(OC)c(OC)ccc3c(=O)c2c(O)c1[C@@H]1c2c(cc(O)c3c(=O)c4cccc(O)c4n(C)c23)O[C@H]1C(C)(C)O. The second-order valence-electron chi connectivity index (χ2n) is 12.2. The molecule has 47 heavy (non-hydrogen) atoms. The van der Waals surface area contributed by atoms with Crippen molar-refractivity contribution in [1.29, 1.82) is 0 Å². The number of hydrogen-bond acceptors (Lipinski definition) is 10. The van der Waals surface area contributed by atoms with Crippen LogP contribution in [-0.2, 0) is 7.05 Å². The van der Waals surface area contributed by atoms with Gasteiger partial charge in [-0.2, -0.15) is 0 Å². The van der Waals surface area contributed by atoms with Crippen molar-refractivity contribution >= 4 is 43.6 Å². The van der Waals surface area contributed by atoms with Gasteiger partial charge in [0.1, 0.15) is 34.9 Å². The highest BCUT2D eigenvalue weighted by Crippen LogP contribution is 2.55. The fraction of sp³-hybridized carbons (Fsp3) is 0.257. The van der Waals surface area contributed by atoms with Crippen LogP contribution in [-0.4, -0.2) is 63.0 Å². The molecule has 0 aliphatic carbocycles. The molecule has 0 fully saturated rings. The number of rotatable bonds is 5. The number of phenols is 3. The van der Waals surface area contributed by atoms with E-state index in [4.69, 9.17) is 18.9 Å². The molecule has 7 rings (SSSR count). The topological polar surface area (TPSA) is 173 Å². The number of aliphatic hydroxyl groups is 1. The number of para-hydroxylation sites is 1. The maximum absolute atomic E-state index is 14.1. The van der Waals surface area contributed by atoms with Gasteiger partial charge < -0.3 is 48.9 Å². The Labute approximate surface area is 266 Å². The van der Waals surface area contributed by atoms with E-state index < -0.39 is 34.2 Å². The van der Waals surface area contributed by atoms with E-state index in [9.17, 15) is 30.0 Å². The molecular formula is C35H32N2O10. The first kappa shape index (κ1) is 30.1. The van der Waals surface area contributed by atoms with E-state index in [0.29, 0.717) is 22.6 Å². The van der Waals surface area contributed by atoms with Crippen molar-refractivity contribution in [3.05, 3.63) is 74.0 Å². The monoisotopic (exact) mass is 640 g/mol. The molecule has 0 radical (unpaired) electrons. The first-order valence-electron chi connectivity index (χ1n) is 14.7. The average molecular weight is 641 g/mol. The Morgan fingerprint density at radius 3 is 2.19 bits per heavy atom. The minimum atomic E-state index is -1.56. The predicted octanol–water partition coefficient (Wildman–Crippen LogP) is 4.49. The van der Waals surface area contributed by atoms with Crippen LogP contribution < -0.4 is 29.8 Å². The van der Waals surface area contributed by atoms with Crippen molar-refractivity contribution in [2.75, 3.05) is 21.3 Å². The van der Waals surface area contributed by atoms with Crippen LogP contribution in [0.25, 0.3) is 43.6 Å². The lowest BCUT2D eigenvalue weighted by Crippen LogP contribution is -2.42. The Morgan fingerprint density at radius 2 is 1.53 bits per heavy atom. The van der Waals surface area contributed by atoms with Crippen molar-refractivity contribution in [1.82, 2.24) is 9.55 Å². The Balaban J connectivity index is 1.65. The van der Waals surface area contributed by atoms with Gasteiger partial charge in [-0.1, -0.05) is 6.07 Å². The van der Waals surface area contributed by atoms with Gasteiger partial charge in [0.2, 0.25) is 10.9 Å². The highest BCUT2D eigenvalue weighted by Gasteiger charge is 2.48. The van der Waals surface area contributed by atoms with Gasteiger partial charge in [-0.15, -0.1) is 0 Å². The molecule has 5 N–H and O–H groups in total. The molecular weight excluding hydrogens is 608 g/mol. The van der Waals surface area contributed by atoms with Crippen LogP contribution in [0.1, 0.15) is 30.9 Å². The number of H-pyrrole nitrogens is 1. The summed E-state index contributed by atoms with van der Waals surface area (Å²) >= 11 is 0. The summed E-state index contributed by atoms with van der Waals surface area (Å²) in [4.78, 5) is 31.1. The van der Waals surface area contributed by atoms with Crippen LogP contribution in [0.15, 0.2) is 52.1 Å². The van der Waals surface area contributed by atoms with Crippen molar-refractivity contribution in [3.63, 3.8) is 0 Å². The Morgan fingerprint density at radius 1 is 0.830 bits per heavy atom. The largest absolute Gasteiger partial charge is 0.507 e. The molecule has 0 spiro atoms. The summed E-state index contributed by atoms with van der Waals surface area (Å²) in [5.41, 5.74) is -1.12. The van der Waals surface area contributed by atoms with Gasteiger partial charge in [0, 0.05) is 30.3 Å². The number of fused-ring (bicyclic) bond motifs is 6. The second kappa shape index (κ2) is 10.2. The van der Waals surface area contributed by atoms with E-state index in [1.54, 1.807) is 35.9 Å². The number of hydrogen-bond donors (Lipinski definition) is 5. The summed E-state index contributed by atoms with van der Waals surface area (Å²) in [7, 11) is 5.97. The molecule has 4 aromatic carbocycles. The molecule has 12 heteroatoms. The van der Waals surface area contributed by atoms with Crippen LogP contribution in [0.3, 0.4) is 0 Å². The smallest absolute Gasteiger partial charge is 0.201 e. The second-order valence-corrected chi connectivity index (χ2v) is 12.2. The zero-order chi connectivity index (χ0) is 33.7. The van der Waals surface area contributed by atoms with Gasteiger partial charge in [0.05, 0.1) is 76.5 Å². The molecule has 3 heterocycles. The van der Waals surface area contributed by atoms with Crippen molar-refractivity contribution in [3.8, 4) is 40.2 Å². The summed E-state index contributed by atoms with van der Waals surface area (Å²) in [6.45, 7) is 3.06. The molecule has 2 atom stereocenters. The highest BCUT2D eigenvalue weighted by molar-refractivity contribution is 6.03. The predicted molar refractivity (Wildman–Crippen MR) is 176 cm³/mol. The van der Waals surface area contributed by atoms with Gasteiger partial charge in [0.15, 0.2) is 11.5 Å². The van der Waals surface area contributed by atoms with E-state index in [1.165, 1.54) is 53.4 Å². The molecule has 0 saturated carbocycles. The molecule has 0 unspecified atom stereocenters. The van der Waals surface area contributed by atoms with Crippen LogP contribution >= 0.6 is 0 Å². The Hall–Kier alpha value is -5.62. The number of aromatic amines is 1. The molecule has 0 amide bonds. The molecule has 2 aromatic heterocycles. The Kier molecular flexibility index (Phi) is 6.52. The van der Waals surface area contributed by atoms with E-state index in [1.807, 2.05) is 0 Å². The highest BCUT2D eigenvalue weighted by atomic mass is 16.5. The van der Waals surface area contributed by atoms with Gasteiger partial charge >= 0.3 is 0 Å². The zero-order valence-corrected chi connectivity index (χ0v) is 26.4. The van der Waals surface area contributed by atoms with Gasteiger partial charge in [-0.25, -0.2) is 0 Å². The summed E-state index contributed by atoms with van der Waals surface area (Å²) < 4.78 is 24.7. The van der Waals surface area contributed by atoms with Crippen molar-refractivity contribution in [2.24, 2.45) is 7.05 Å². The van der Waals surface area contributed by atoms with E-state index in [-0.39, 0.29) is 66.7 Å². The summed E-state index contributed by atoms with van der Waals surface area (Å²) in [5.74, 6) is -0.997. The number of aromatic nitrogens is 2. The van der Waals surface area contributed by atoms with E-state index in [0.717, 1.165) is 0 Å². The average Bonchev–Trinajstić information content (AvgIpc) is 3.41. The standard InChI is InChI=1S/C35H32N2O10/c1-35(2,43)34-26(24-21(47-34)13-18(39)23-29(24)37(3)28-15(31(23)41)8-7-9-17(28)38)25-20(45-5)12-16-22(32(25)42)30(40)14-10-11-19(44-4)33(46-6)27(14)36-16/h7-13,26,34,38-39,42-43H,1-6H3,(H,36,40)/t26-,34+/m0/s1. The minimum Gasteiger partial charge on any atom is -0.507 e. The molecule has 6 aromatic rings. The van der Waals surface area contributed by atoms with Crippen LogP contribution in [0.4, 0.5) is 0 Å².